The number of likely N-dealkylation sites (N-methyl/N-ethyl adjacent to an activating group) is 2. The van der Waals surface area contributed by atoms with E-state index < -0.39 is 6.10 Å². The molecule has 0 radical (unpaired) electrons. The second-order valence-electron chi connectivity index (χ2n) is 8.44. The fraction of sp³-hybridized carbons (Fsp3) is 0.269. The van der Waals surface area contributed by atoms with Crippen molar-refractivity contribution in [1.29, 1.82) is 0 Å². The van der Waals surface area contributed by atoms with Gasteiger partial charge >= 0.3 is 0 Å². The minimum atomic E-state index is -1.33. The number of carbonyl (C=O) groups excluding carboxylic acids is 1. The van der Waals surface area contributed by atoms with Gasteiger partial charge in [0.1, 0.15) is 11.4 Å². The quantitative estimate of drug-likeness (QED) is 0.420. The molecular formula is C26H29N5O3. The Morgan fingerprint density at radius 3 is 2.65 bits per heavy atom. The number of pyridine rings is 2. The molecule has 2 N–H and O–H groups in total. The van der Waals surface area contributed by atoms with Crippen molar-refractivity contribution in [3.8, 4) is 28.1 Å². The fourth-order valence-electron chi connectivity index (χ4n) is 3.79. The highest BCUT2D eigenvalue weighted by Gasteiger charge is 2.23. The zero-order valence-corrected chi connectivity index (χ0v) is 19.8. The molecule has 0 spiro atoms. The summed E-state index contributed by atoms with van der Waals surface area (Å²) in [6.45, 7) is 1.22. The Balaban J connectivity index is 1.65. The molecule has 1 aromatic carbocycles. The van der Waals surface area contributed by atoms with Crippen molar-refractivity contribution < 1.29 is 14.6 Å². The van der Waals surface area contributed by atoms with Gasteiger partial charge in [-0.25, -0.2) is 9.97 Å². The summed E-state index contributed by atoms with van der Waals surface area (Å²) in [5.41, 5.74) is 4.39. The number of nitrogens with one attached hydrogen (secondary N) is 1. The predicted molar refractivity (Wildman–Crippen MR) is 132 cm³/mol. The third kappa shape index (κ3) is 4.78. The average molecular weight is 460 g/mol. The monoisotopic (exact) mass is 459 g/mol. The highest BCUT2D eigenvalue weighted by Crippen LogP contribution is 2.35. The van der Waals surface area contributed by atoms with Crippen LogP contribution in [0.15, 0.2) is 60.9 Å². The molecule has 0 fully saturated rings. The summed E-state index contributed by atoms with van der Waals surface area (Å²) in [7, 11) is 7.21. The lowest BCUT2D eigenvalue weighted by atomic mass is 10.0. The molecule has 3 heterocycles. The molecular weight excluding hydrogens is 430 g/mol. The van der Waals surface area contributed by atoms with Crippen LogP contribution in [-0.4, -0.2) is 77.1 Å². The van der Waals surface area contributed by atoms with Crippen LogP contribution in [0.25, 0.3) is 33.4 Å². The van der Waals surface area contributed by atoms with Crippen LogP contribution in [-0.2, 0) is 4.79 Å². The molecule has 0 saturated carbocycles. The van der Waals surface area contributed by atoms with Crippen LogP contribution in [0.3, 0.4) is 0 Å². The van der Waals surface area contributed by atoms with E-state index in [1.165, 1.54) is 4.90 Å². The zero-order chi connectivity index (χ0) is 24.2. The first-order chi connectivity index (χ1) is 16.4. The smallest absolute Gasteiger partial charge is 0.257 e. The van der Waals surface area contributed by atoms with Gasteiger partial charge < -0.3 is 24.6 Å². The molecule has 1 amide bonds. The highest BCUT2D eigenvalue weighted by molar-refractivity contribution is 5.97. The normalized spacial score (nSPS) is 12.2. The number of ether oxygens (including phenoxy) is 1. The van der Waals surface area contributed by atoms with E-state index in [9.17, 15) is 9.90 Å². The molecule has 0 aliphatic carbocycles. The number of aliphatic hydroxyl groups is 1. The molecule has 8 heteroatoms. The maximum atomic E-state index is 12.7. The summed E-state index contributed by atoms with van der Waals surface area (Å²) in [5.74, 6) is 0.387. The Kier molecular flexibility index (Phi) is 6.90. The standard InChI is InChI=1S/C26H29N5O3/c1-30(2)12-13-31(3)26(33)24(32)22-10-7-9-21(29-22)17-14-19-20(16-28-25(19)27-15-17)18-8-5-6-11-23(18)34-4/h5-11,14-16,24,32H,12-13H2,1-4H3,(H,27,28). The van der Waals surface area contributed by atoms with Crippen LogP contribution < -0.4 is 4.74 Å². The number of methoxy groups -OCH3 is 1. The molecule has 0 aliphatic heterocycles. The first-order valence-corrected chi connectivity index (χ1v) is 11.0. The molecule has 1 unspecified atom stereocenters. The van der Waals surface area contributed by atoms with E-state index in [-0.39, 0.29) is 5.91 Å². The largest absolute Gasteiger partial charge is 0.496 e. The molecule has 1 atom stereocenters. The first kappa shape index (κ1) is 23.4. The van der Waals surface area contributed by atoms with Gasteiger partial charge in [-0.05, 0) is 38.4 Å². The van der Waals surface area contributed by atoms with Gasteiger partial charge in [0.05, 0.1) is 18.5 Å². The number of para-hydroxylation sites is 1. The van der Waals surface area contributed by atoms with Gasteiger partial charge in [-0.3, -0.25) is 4.79 Å². The van der Waals surface area contributed by atoms with E-state index in [2.05, 4.69) is 15.0 Å². The van der Waals surface area contributed by atoms with Gasteiger partial charge in [-0.2, -0.15) is 0 Å². The van der Waals surface area contributed by atoms with Crippen LogP contribution in [0.1, 0.15) is 11.8 Å². The number of hydrogen-bond acceptors (Lipinski definition) is 6. The summed E-state index contributed by atoms with van der Waals surface area (Å²) in [6.07, 6.45) is 2.31. The Morgan fingerprint density at radius 1 is 1.09 bits per heavy atom. The average Bonchev–Trinajstić information content (AvgIpc) is 3.29. The van der Waals surface area contributed by atoms with Crippen LogP contribution in [0.2, 0.25) is 0 Å². The molecule has 0 aliphatic rings. The van der Waals surface area contributed by atoms with Crippen molar-refractivity contribution in [2.24, 2.45) is 0 Å². The number of carbonyl (C=O) groups is 1. The molecule has 8 nitrogen and oxygen atoms in total. The second-order valence-corrected chi connectivity index (χ2v) is 8.44. The van der Waals surface area contributed by atoms with E-state index in [0.29, 0.717) is 24.5 Å². The number of fused-ring (bicyclic) bond motifs is 1. The minimum Gasteiger partial charge on any atom is -0.496 e. The Labute approximate surface area is 198 Å². The molecule has 4 rings (SSSR count). The topological polar surface area (TPSA) is 94.6 Å². The summed E-state index contributed by atoms with van der Waals surface area (Å²) in [5, 5.41) is 11.6. The maximum Gasteiger partial charge on any atom is 0.257 e. The number of amides is 1. The lowest BCUT2D eigenvalue weighted by molar-refractivity contribution is -0.139. The van der Waals surface area contributed by atoms with Crippen molar-refractivity contribution in [3.63, 3.8) is 0 Å². The number of H-pyrrole nitrogens is 1. The maximum absolute atomic E-state index is 12.7. The van der Waals surface area contributed by atoms with Gasteiger partial charge in [0.15, 0.2) is 6.10 Å². The van der Waals surface area contributed by atoms with Crippen LogP contribution in [0.5, 0.6) is 5.75 Å². The number of aromatic nitrogens is 3. The van der Waals surface area contributed by atoms with Crippen LogP contribution >= 0.6 is 0 Å². The van der Waals surface area contributed by atoms with Crippen molar-refractivity contribution in [3.05, 3.63) is 66.6 Å². The van der Waals surface area contributed by atoms with Gasteiger partial charge in [0.25, 0.3) is 5.91 Å². The summed E-state index contributed by atoms with van der Waals surface area (Å²) >= 11 is 0. The Hall–Kier alpha value is -3.75. The molecule has 3 aromatic heterocycles. The highest BCUT2D eigenvalue weighted by atomic mass is 16.5. The van der Waals surface area contributed by atoms with Gasteiger partial charge in [0.2, 0.25) is 0 Å². The third-order valence-electron chi connectivity index (χ3n) is 5.77. The number of nitrogens with zero attached hydrogens (tertiary/aromatic N) is 4. The molecule has 0 saturated heterocycles. The first-order valence-electron chi connectivity index (χ1n) is 11.0. The van der Waals surface area contributed by atoms with Crippen LogP contribution in [0.4, 0.5) is 0 Å². The summed E-state index contributed by atoms with van der Waals surface area (Å²) in [4.78, 5) is 28.6. The number of aliphatic hydroxyl groups excluding tert-OH is 1. The van der Waals surface area contributed by atoms with E-state index in [1.807, 2.05) is 61.6 Å². The number of rotatable bonds is 8. The van der Waals surface area contributed by atoms with Gasteiger partial charge in [-0.15, -0.1) is 0 Å². The lowest BCUT2D eigenvalue weighted by Crippen LogP contribution is -2.36. The van der Waals surface area contributed by atoms with Crippen molar-refractivity contribution in [2.45, 2.75) is 6.10 Å². The van der Waals surface area contributed by atoms with Crippen molar-refractivity contribution >= 4 is 16.9 Å². The van der Waals surface area contributed by atoms with E-state index in [4.69, 9.17) is 4.74 Å². The SMILES string of the molecule is COc1ccccc1-c1c[nH]c2ncc(-c3cccc(C(O)C(=O)N(C)CCN(C)C)n3)cc12. The van der Waals surface area contributed by atoms with Gasteiger partial charge in [-0.1, -0.05) is 24.3 Å². The molecule has 176 valence electrons. The number of hydrogen-bond donors (Lipinski definition) is 2. The second kappa shape index (κ2) is 10.0. The molecule has 4 aromatic rings. The number of benzene rings is 1. The Bertz CT molecular complexity index is 1300. The van der Waals surface area contributed by atoms with Crippen molar-refractivity contribution in [2.75, 3.05) is 41.3 Å². The predicted octanol–water partition coefficient (Wildman–Crippen LogP) is 3.35. The molecule has 0 bridgehead atoms. The fourth-order valence-corrected chi connectivity index (χ4v) is 3.79. The van der Waals surface area contributed by atoms with E-state index in [1.54, 1.807) is 32.5 Å². The third-order valence-corrected chi connectivity index (χ3v) is 5.77. The summed E-state index contributed by atoms with van der Waals surface area (Å²) < 4.78 is 5.53. The van der Waals surface area contributed by atoms with Crippen LogP contribution in [0, 0.1) is 0 Å². The lowest BCUT2D eigenvalue weighted by Gasteiger charge is -2.22. The van der Waals surface area contributed by atoms with E-state index >= 15 is 0 Å². The van der Waals surface area contributed by atoms with Crippen molar-refractivity contribution in [1.82, 2.24) is 24.8 Å². The minimum absolute atomic E-state index is 0.304. The van der Waals surface area contributed by atoms with Gasteiger partial charge in [0, 0.05) is 54.6 Å². The Morgan fingerprint density at radius 2 is 1.88 bits per heavy atom. The zero-order valence-electron chi connectivity index (χ0n) is 19.8. The summed E-state index contributed by atoms with van der Waals surface area (Å²) in [6, 6.07) is 15.1. The van der Waals surface area contributed by atoms with E-state index in [0.717, 1.165) is 33.5 Å². The number of aromatic amines is 1. The molecule has 34 heavy (non-hydrogen) atoms.